The van der Waals surface area contributed by atoms with Gasteiger partial charge in [-0.3, -0.25) is 0 Å². The molecule has 0 aliphatic heterocycles. The minimum atomic E-state index is 0.340. The first-order valence-corrected chi connectivity index (χ1v) is 13.7. The summed E-state index contributed by atoms with van der Waals surface area (Å²) in [6.45, 7) is 12.7. The van der Waals surface area contributed by atoms with Crippen LogP contribution in [0.1, 0.15) is 163 Å². The summed E-state index contributed by atoms with van der Waals surface area (Å²) < 4.78 is 6.54. The van der Waals surface area contributed by atoms with Crippen molar-refractivity contribution in [3.05, 3.63) is 0 Å². The molecule has 1 heteroatoms. The Balaban J connectivity index is 4.14. The third-order valence-corrected chi connectivity index (χ3v) is 6.43. The zero-order valence-electron chi connectivity index (χ0n) is 21.3. The van der Waals surface area contributed by atoms with Gasteiger partial charge in [0.05, 0.1) is 12.7 Å². The van der Waals surface area contributed by atoms with Crippen LogP contribution in [0.2, 0.25) is 0 Å². The lowest BCUT2D eigenvalue weighted by molar-refractivity contribution is -0.0111. The van der Waals surface area contributed by atoms with Crippen LogP contribution < -0.4 is 0 Å². The highest BCUT2D eigenvalue weighted by atomic mass is 16.5. The summed E-state index contributed by atoms with van der Waals surface area (Å²) in [5.74, 6) is 0. The van der Waals surface area contributed by atoms with Gasteiger partial charge in [0.2, 0.25) is 0 Å². The van der Waals surface area contributed by atoms with Gasteiger partial charge in [-0.2, -0.15) is 0 Å². The number of unbranched alkanes of at least 4 members (excludes halogenated alkanes) is 14. The van der Waals surface area contributed by atoms with Crippen LogP contribution in [-0.4, -0.2) is 12.7 Å². The molecular weight excluding hydrogens is 352 g/mol. The Hall–Kier alpha value is -0.0400. The van der Waals surface area contributed by atoms with Gasteiger partial charge in [-0.15, -0.1) is 0 Å². The summed E-state index contributed by atoms with van der Waals surface area (Å²) >= 11 is 0. The van der Waals surface area contributed by atoms with Crippen LogP contribution in [0.3, 0.4) is 0 Å². The first-order valence-electron chi connectivity index (χ1n) is 13.7. The Kier molecular flexibility index (Phi) is 21.2. The molecule has 0 fully saturated rings. The van der Waals surface area contributed by atoms with Crippen molar-refractivity contribution in [2.24, 2.45) is 5.41 Å². The van der Waals surface area contributed by atoms with Crippen molar-refractivity contribution in [3.8, 4) is 0 Å². The molecule has 0 aromatic heterocycles. The van der Waals surface area contributed by atoms with E-state index in [4.69, 9.17) is 4.74 Å². The molecule has 0 aliphatic rings. The van der Waals surface area contributed by atoms with E-state index < -0.39 is 0 Å². The van der Waals surface area contributed by atoms with Crippen molar-refractivity contribution < 1.29 is 4.74 Å². The van der Waals surface area contributed by atoms with Gasteiger partial charge in [-0.05, 0) is 24.7 Å². The van der Waals surface area contributed by atoms with Crippen LogP contribution in [-0.2, 0) is 4.74 Å². The van der Waals surface area contributed by atoms with Crippen molar-refractivity contribution in [1.29, 1.82) is 0 Å². The summed E-state index contributed by atoms with van der Waals surface area (Å²) in [5.41, 5.74) is 0.340. The molecule has 0 aromatic rings. The maximum absolute atomic E-state index is 6.54. The molecule has 0 unspecified atom stereocenters. The van der Waals surface area contributed by atoms with E-state index in [1.807, 2.05) is 0 Å². The number of rotatable bonds is 23. The predicted octanol–water partition coefficient (Wildman–Crippen LogP) is 10.3. The molecular formula is C28H58O. The van der Waals surface area contributed by atoms with Gasteiger partial charge in [0.15, 0.2) is 0 Å². The lowest BCUT2D eigenvalue weighted by atomic mass is 9.87. The summed E-state index contributed by atoms with van der Waals surface area (Å²) in [5, 5.41) is 0. The van der Waals surface area contributed by atoms with E-state index >= 15 is 0 Å². The predicted molar refractivity (Wildman–Crippen MR) is 133 cm³/mol. The Bertz CT molecular complexity index is 293. The molecule has 0 aliphatic carbocycles. The zero-order valence-corrected chi connectivity index (χ0v) is 21.3. The van der Waals surface area contributed by atoms with Gasteiger partial charge in [-0.1, -0.05) is 144 Å². The Morgan fingerprint density at radius 1 is 0.517 bits per heavy atom. The summed E-state index contributed by atoms with van der Waals surface area (Å²) in [6, 6.07) is 0. The van der Waals surface area contributed by atoms with Crippen LogP contribution >= 0.6 is 0 Å². The first-order chi connectivity index (χ1) is 14.1. The molecule has 0 amide bonds. The van der Waals surface area contributed by atoms with Crippen LogP contribution in [0.5, 0.6) is 0 Å². The fraction of sp³-hybridized carbons (Fsp3) is 1.00. The van der Waals surface area contributed by atoms with Crippen molar-refractivity contribution in [3.63, 3.8) is 0 Å². The molecule has 0 bridgehead atoms. The van der Waals surface area contributed by atoms with Crippen LogP contribution in [0.15, 0.2) is 0 Å². The second-order valence-corrected chi connectivity index (χ2v) is 10.4. The highest BCUT2D eigenvalue weighted by Crippen LogP contribution is 2.27. The average Bonchev–Trinajstić information content (AvgIpc) is 2.70. The molecule has 0 radical (unpaired) electrons. The molecule has 0 saturated heterocycles. The van der Waals surface area contributed by atoms with Gasteiger partial charge in [0.25, 0.3) is 0 Å². The standard InChI is InChI=1S/C28H58O/c1-6-9-12-15-17-20-23-27(24-21-18-16-13-10-7-2)29-26-28(4,5)25-22-19-14-11-8-3/h27H,6-26H2,1-5H3. The number of ether oxygens (including phenoxy) is 1. The highest BCUT2D eigenvalue weighted by Gasteiger charge is 2.20. The summed E-state index contributed by atoms with van der Waals surface area (Å²) in [7, 11) is 0. The van der Waals surface area contributed by atoms with E-state index in [0.29, 0.717) is 11.5 Å². The monoisotopic (exact) mass is 410 g/mol. The van der Waals surface area contributed by atoms with Crippen LogP contribution in [0.4, 0.5) is 0 Å². The van der Waals surface area contributed by atoms with Gasteiger partial charge < -0.3 is 4.74 Å². The quantitative estimate of drug-likeness (QED) is 0.152. The van der Waals surface area contributed by atoms with Crippen molar-refractivity contribution in [2.75, 3.05) is 6.61 Å². The third-order valence-electron chi connectivity index (χ3n) is 6.43. The maximum Gasteiger partial charge on any atom is 0.0575 e. The third kappa shape index (κ3) is 21.0. The van der Waals surface area contributed by atoms with E-state index in [-0.39, 0.29) is 0 Å². The van der Waals surface area contributed by atoms with Crippen molar-refractivity contribution in [1.82, 2.24) is 0 Å². The molecule has 0 spiro atoms. The Morgan fingerprint density at radius 2 is 0.897 bits per heavy atom. The fourth-order valence-corrected chi connectivity index (χ4v) is 4.24. The van der Waals surface area contributed by atoms with E-state index in [1.165, 1.54) is 128 Å². The molecule has 0 atom stereocenters. The smallest absolute Gasteiger partial charge is 0.0575 e. The lowest BCUT2D eigenvalue weighted by Crippen LogP contribution is -2.24. The van der Waals surface area contributed by atoms with Gasteiger partial charge in [-0.25, -0.2) is 0 Å². The molecule has 176 valence electrons. The maximum atomic E-state index is 6.54. The highest BCUT2D eigenvalue weighted by molar-refractivity contribution is 4.70. The fourth-order valence-electron chi connectivity index (χ4n) is 4.24. The number of hydrogen-bond acceptors (Lipinski definition) is 1. The summed E-state index contributed by atoms with van der Waals surface area (Å²) in [4.78, 5) is 0. The van der Waals surface area contributed by atoms with E-state index in [2.05, 4.69) is 34.6 Å². The zero-order chi connectivity index (χ0) is 21.6. The molecule has 0 saturated carbocycles. The summed E-state index contributed by atoms with van der Waals surface area (Å²) in [6.07, 6.45) is 28.0. The van der Waals surface area contributed by atoms with E-state index in [9.17, 15) is 0 Å². The Morgan fingerprint density at radius 3 is 1.34 bits per heavy atom. The van der Waals surface area contributed by atoms with Gasteiger partial charge in [0, 0.05) is 0 Å². The molecule has 0 heterocycles. The topological polar surface area (TPSA) is 9.23 Å². The normalized spacial score (nSPS) is 12.2. The van der Waals surface area contributed by atoms with E-state index in [0.717, 1.165) is 6.61 Å². The largest absolute Gasteiger partial charge is 0.378 e. The molecule has 1 nitrogen and oxygen atoms in total. The first kappa shape index (κ1) is 29.0. The van der Waals surface area contributed by atoms with Crippen LogP contribution in [0, 0.1) is 5.41 Å². The Labute approximate surface area is 186 Å². The van der Waals surface area contributed by atoms with Crippen molar-refractivity contribution in [2.45, 2.75) is 169 Å². The SMILES string of the molecule is CCCCCCCCC(CCCCCCCC)OCC(C)(C)CCCCCCC. The van der Waals surface area contributed by atoms with Gasteiger partial charge >= 0.3 is 0 Å². The van der Waals surface area contributed by atoms with Gasteiger partial charge in [0.1, 0.15) is 0 Å². The van der Waals surface area contributed by atoms with Crippen molar-refractivity contribution >= 4 is 0 Å². The minimum absolute atomic E-state index is 0.340. The average molecular weight is 411 g/mol. The molecule has 29 heavy (non-hydrogen) atoms. The molecule has 0 aromatic carbocycles. The molecule has 0 rings (SSSR count). The molecule has 0 N–H and O–H groups in total. The van der Waals surface area contributed by atoms with E-state index in [1.54, 1.807) is 0 Å². The lowest BCUT2D eigenvalue weighted by Gasteiger charge is -2.28. The minimum Gasteiger partial charge on any atom is -0.378 e. The number of hydrogen-bond donors (Lipinski definition) is 0. The second kappa shape index (κ2) is 21.2. The van der Waals surface area contributed by atoms with Crippen LogP contribution in [0.25, 0.3) is 0 Å². The second-order valence-electron chi connectivity index (χ2n) is 10.4.